The van der Waals surface area contributed by atoms with Crippen LogP contribution in [-0.4, -0.2) is 41.9 Å². The van der Waals surface area contributed by atoms with Crippen molar-refractivity contribution in [2.24, 2.45) is 0 Å². The first-order chi connectivity index (χ1) is 11.7. The molecule has 136 valence electrons. The number of hydrogen-bond donors (Lipinski definition) is 2. The minimum absolute atomic E-state index is 0.0103. The largest absolute Gasteiger partial charge is 0.494 e. The van der Waals surface area contributed by atoms with Gasteiger partial charge in [0.1, 0.15) is 5.54 Å². The Balaban J connectivity index is 1.91. The zero-order valence-corrected chi connectivity index (χ0v) is 14.7. The van der Waals surface area contributed by atoms with Crippen molar-refractivity contribution in [2.75, 3.05) is 13.7 Å². The van der Waals surface area contributed by atoms with Crippen molar-refractivity contribution in [3.63, 3.8) is 0 Å². The molecule has 1 aliphatic heterocycles. The maximum atomic E-state index is 13.7. The van der Waals surface area contributed by atoms with E-state index in [1.165, 1.54) is 19.2 Å². The highest BCUT2D eigenvalue weighted by Crippen LogP contribution is 2.22. The van der Waals surface area contributed by atoms with Crippen molar-refractivity contribution in [1.82, 2.24) is 15.5 Å². The number of carbonyl (C=O) groups excluding carboxylic acids is 3. The topological polar surface area (TPSA) is 87.7 Å². The van der Waals surface area contributed by atoms with E-state index in [1.807, 2.05) is 0 Å². The Labute approximate surface area is 145 Å². The fraction of sp³-hybridized carbons (Fsp3) is 0.471. The third-order valence-corrected chi connectivity index (χ3v) is 4.06. The minimum atomic E-state index is -0.957. The number of carbonyl (C=O) groups is 3. The molecule has 2 rings (SSSR count). The van der Waals surface area contributed by atoms with E-state index in [0.29, 0.717) is 5.56 Å². The molecule has 0 aromatic heterocycles. The second-order valence-corrected chi connectivity index (χ2v) is 6.45. The summed E-state index contributed by atoms with van der Waals surface area (Å²) in [6.07, 6.45) is -0.0295. The number of urea groups is 1. The summed E-state index contributed by atoms with van der Waals surface area (Å²) in [6, 6.07) is 3.51. The lowest BCUT2D eigenvalue weighted by Crippen LogP contribution is -2.40. The second-order valence-electron chi connectivity index (χ2n) is 6.45. The van der Waals surface area contributed by atoms with Crippen molar-refractivity contribution >= 4 is 17.8 Å². The Bertz CT molecular complexity index is 705. The van der Waals surface area contributed by atoms with E-state index in [4.69, 9.17) is 4.74 Å². The van der Waals surface area contributed by atoms with E-state index < -0.39 is 23.4 Å². The van der Waals surface area contributed by atoms with Crippen LogP contribution in [0.1, 0.15) is 38.8 Å². The van der Waals surface area contributed by atoms with Gasteiger partial charge >= 0.3 is 6.03 Å². The quantitative estimate of drug-likeness (QED) is 0.764. The highest BCUT2D eigenvalue weighted by atomic mass is 19.1. The molecule has 1 fully saturated rings. The van der Waals surface area contributed by atoms with Crippen LogP contribution in [0.25, 0.3) is 0 Å². The zero-order valence-electron chi connectivity index (χ0n) is 14.7. The maximum absolute atomic E-state index is 13.7. The maximum Gasteiger partial charge on any atom is 0.325 e. The number of hydrogen-bond acceptors (Lipinski definition) is 4. The Morgan fingerprint density at radius 2 is 2.08 bits per heavy atom. The van der Waals surface area contributed by atoms with Crippen LogP contribution < -0.4 is 15.4 Å². The number of ether oxygens (including phenoxy) is 1. The molecule has 8 heteroatoms. The van der Waals surface area contributed by atoms with E-state index in [1.54, 1.807) is 26.8 Å². The average Bonchev–Trinajstić information content (AvgIpc) is 2.73. The van der Waals surface area contributed by atoms with Crippen molar-refractivity contribution in [2.45, 2.75) is 38.8 Å². The molecule has 0 aliphatic carbocycles. The van der Waals surface area contributed by atoms with E-state index in [-0.39, 0.29) is 30.5 Å². The van der Waals surface area contributed by atoms with Crippen molar-refractivity contribution in [1.29, 1.82) is 0 Å². The SMILES string of the molecule is COc1ccc([C@H](C)NC(=O)CCN2C(=O)NC(C)(C)C2=O)cc1F. The Morgan fingerprint density at radius 3 is 2.60 bits per heavy atom. The van der Waals surface area contributed by atoms with Crippen LogP contribution in [0.3, 0.4) is 0 Å². The summed E-state index contributed by atoms with van der Waals surface area (Å²) >= 11 is 0. The second kappa shape index (κ2) is 7.08. The lowest BCUT2D eigenvalue weighted by atomic mass is 10.1. The van der Waals surface area contributed by atoms with Crippen LogP contribution in [-0.2, 0) is 9.59 Å². The Hall–Kier alpha value is -2.64. The number of amides is 4. The number of rotatable bonds is 6. The Morgan fingerprint density at radius 1 is 1.40 bits per heavy atom. The summed E-state index contributed by atoms with van der Waals surface area (Å²) in [5.41, 5.74) is -0.371. The molecule has 1 aromatic rings. The van der Waals surface area contributed by atoms with Gasteiger partial charge in [0.05, 0.1) is 13.2 Å². The van der Waals surface area contributed by atoms with Gasteiger partial charge in [0, 0.05) is 13.0 Å². The summed E-state index contributed by atoms with van der Waals surface area (Å²) in [4.78, 5) is 36.9. The smallest absolute Gasteiger partial charge is 0.325 e. The van der Waals surface area contributed by atoms with E-state index in [0.717, 1.165) is 4.90 Å². The number of benzene rings is 1. The van der Waals surface area contributed by atoms with Gasteiger partial charge in [-0.3, -0.25) is 14.5 Å². The van der Waals surface area contributed by atoms with Gasteiger partial charge in [-0.1, -0.05) is 6.07 Å². The third-order valence-electron chi connectivity index (χ3n) is 4.06. The van der Waals surface area contributed by atoms with Crippen LogP contribution in [0.4, 0.5) is 9.18 Å². The van der Waals surface area contributed by atoms with E-state index in [2.05, 4.69) is 10.6 Å². The monoisotopic (exact) mass is 351 g/mol. The van der Waals surface area contributed by atoms with Crippen LogP contribution in [0, 0.1) is 5.82 Å². The van der Waals surface area contributed by atoms with Gasteiger partial charge in [-0.15, -0.1) is 0 Å². The number of nitrogens with one attached hydrogen (secondary N) is 2. The molecule has 7 nitrogen and oxygen atoms in total. The summed E-state index contributed by atoms with van der Waals surface area (Å²) in [7, 11) is 1.38. The van der Waals surface area contributed by atoms with Gasteiger partial charge in [-0.05, 0) is 38.5 Å². The minimum Gasteiger partial charge on any atom is -0.494 e. The molecule has 1 heterocycles. The fourth-order valence-electron chi connectivity index (χ4n) is 2.58. The summed E-state index contributed by atoms with van der Waals surface area (Å²) in [6.45, 7) is 4.92. The van der Waals surface area contributed by atoms with E-state index >= 15 is 0 Å². The summed E-state index contributed by atoms with van der Waals surface area (Å²) < 4.78 is 18.6. The average molecular weight is 351 g/mol. The molecule has 2 N–H and O–H groups in total. The van der Waals surface area contributed by atoms with Crippen LogP contribution >= 0.6 is 0 Å². The van der Waals surface area contributed by atoms with Crippen molar-refractivity contribution in [3.05, 3.63) is 29.6 Å². The highest BCUT2D eigenvalue weighted by Gasteiger charge is 2.44. The lowest BCUT2D eigenvalue weighted by molar-refractivity contribution is -0.130. The Kier molecular flexibility index (Phi) is 5.30. The molecular formula is C17H22FN3O4. The first kappa shape index (κ1) is 18.7. The zero-order chi connectivity index (χ0) is 18.8. The molecular weight excluding hydrogens is 329 g/mol. The number of imide groups is 1. The molecule has 0 saturated carbocycles. The normalized spacial score (nSPS) is 17.2. The van der Waals surface area contributed by atoms with E-state index in [9.17, 15) is 18.8 Å². The van der Waals surface area contributed by atoms with Crippen LogP contribution in [0.2, 0.25) is 0 Å². The van der Waals surface area contributed by atoms with Crippen LogP contribution in [0.5, 0.6) is 5.75 Å². The molecule has 0 spiro atoms. The van der Waals surface area contributed by atoms with Gasteiger partial charge in [-0.25, -0.2) is 9.18 Å². The first-order valence-electron chi connectivity index (χ1n) is 7.92. The molecule has 0 radical (unpaired) electrons. The molecule has 4 amide bonds. The number of halogens is 1. The summed E-state index contributed by atoms with van der Waals surface area (Å²) in [5, 5.41) is 5.27. The van der Waals surface area contributed by atoms with Crippen LogP contribution in [0.15, 0.2) is 18.2 Å². The van der Waals surface area contributed by atoms with Crippen molar-refractivity contribution < 1.29 is 23.5 Å². The predicted octanol–water partition coefficient (Wildman–Crippen LogP) is 1.73. The van der Waals surface area contributed by atoms with Gasteiger partial charge < -0.3 is 15.4 Å². The van der Waals surface area contributed by atoms with Gasteiger partial charge in [0.25, 0.3) is 5.91 Å². The highest BCUT2D eigenvalue weighted by molar-refractivity contribution is 6.06. The molecule has 0 bridgehead atoms. The molecule has 1 aromatic carbocycles. The first-order valence-corrected chi connectivity index (χ1v) is 7.92. The number of methoxy groups -OCH3 is 1. The van der Waals surface area contributed by atoms with Crippen molar-refractivity contribution in [3.8, 4) is 5.75 Å². The predicted molar refractivity (Wildman–Crippen MR) is 88.5 cm³/mol. The number of nitrogens with zero attached hydrogens (tertiary/aromatic N) is 1. The standard InChI is InChI=1S/C17H22FN3O4/c1-10(11-5-6-13(25-4)12(18)9-11)19-14(22)7-8-21-15(23)17(2,3)20-16(21)24/h5-6,9-10H,7-8H2,1-4H3,(H,19,22)(H,20,24)/t10-/m0/s1. The molecule has 1 aliphatic rings. The molecule has 1 atom stereocenters. The molecule has 0 unspecified atom stereocenters. The molecule has 25 heavy (non-hydrogen) atoms. The lowest BCUT2D eigenvalue weighted by Gasteiger charge is -2.18. The molecule has 1 saturated heterocycles. The van der Waals surface area contributed by atoms with Gasteiger partial charge in [0.15, 0.2) is 11.6 Å². The van der Waals surface area contributed by atoms with Gasteiger partial charge in [-0.2, -0.15) is 0 Å². The fourth-order valence-corrected chi connectivity index (χ4v) is 2.58. The van der Waals surface area contributed by atoms with Gasteiger partial charge in [0.2, 0.25) is 5.91 Å². The third kappa shape index (κ3) is 4.07. The summed E-state index contributed by atoms with van der Waals surface area (Å²) in [5.74, 6) is -1.09.